The summed E-state index contributed by atoms with van der Waals surface area (Å²) in [5, 5.41) is 10.1. The number of hydrogen-bond donors (Lipinski definition) is 1. The highest BCUT2D eigenvalue weighted by Crippen LogP contribution is 2.25. The minimum absolute atomic E-state index is 0.0679. The molecule has 0 saturated carbocycles. The highest BCUT2D eigenvalue weighted by atomic mass is 16.3. The second kappa shape index (κ2) is 5.21. The van der Waals surface area contributed by atoms with E-state index < -0.39 is 5.60 Å². The third-order valence-electron chi connectivity index (χ3n) is 4.56. The summed E-state index contributed by atoms with van der Waals surface area (Å²) in [7, 11) is 0. The Labute approximate surface area is 120 Å². The second-order valence-corrected chi connectivity index (χ2v) is 6.52. The number of fused-ring (bicyclic) bond motifs is 1. The van der Waals surface area contributed by atoms with Crippen molar-refractivity contribution in [1.82, 2.24) is 4.90 Å². The number of carbonyl (C=O) groups excluding carboxylic acids is 1. The fraction of sp³-hybridized carbons (Fsp3) is 0.588. The van der Waals surface area contributed by atoms with E-state index in [1.54, 1.807) is 4.90 Å². The molecule has 1 aliphatic carbocycles. The molecule has 1 amide bonds. The summed E-state index contributed by atoms with van der Waals surface area (Å²) >= 11 is 0. The number of piperidine rings is 1. The minimum Gasteiger partial charge on any atom is -0.388 e. The van der Waals surface area contributed by atoms with Crippen LogP contribution in [0.4, 0.5) is 0 Å². The minimum atomic E-state index is -0.734. The molecule has 1 unspecified atom stereocenters. The van der Waals surface area contributed by atoms with Crippen molar-refractivity contribution in [2.45, 2.75) is 51.0 Å². The van der Waals surface area contributed by atoms with Crippen LogP contribution < -0.4 is 0 Å². The normalized spacial score (nSPS) is 26.2. The van der Waals surface area contributed by atoms with Crippen LogP contribution >= 0.6 is 0 Å². The fourth-order valence-corrected chi connectivity index (χ4v) is 3.44. The zero-order valence-corrected chi connectivity index (χ0v) is 12.2. The van der Waals surface area contributed by atoms with E-state index in [2.05, 4.69) is 12.1 Å². The van der Waals surface area contributed by atoms with Gasteiger partial charge < -0.3 is 10.0 Å². The van der Waals surface area contributed by atoms with Crippen LogP contribution in [-0.4, -0.2) is 34.6 Å². The van der Waals surface area contributed by atoms with E-state index >= 15 is 0 Å². The fourth-order valence-electron chi connectivity index (χ4n) is 3.44. The van der Waals surface area contributed by atoms with E-state index in [1.807, 2.05) is 13.0 Å². The monoisotopic (exact) mass is 273 g/mol. The van der Waals surface area contributed by atoms with Gasteiger partial charge in [0.1, 0.15) is 0 Å². The van der Waals surface area contributed by atoms with Crippen LogP contribution in [0, 0.1) is 0 Å². The number of β-amino-alcohol motifs (C(OH)–C–C–N with tert-alkyl or cyclic N) is 1. The Morgan fingerprint density at radius 2 is 1.95 bits per heavy atom. The quantitative estimate of drug-likeness (QED) is 0.854. The summed E-state index contributed by atoms with van der Waals surface area (Å²) in [6.45, 7) is 3.02. The maximum absolute atomic E-state index is 12.6. The van der Waals surface area contributed by atoms with E-state index in [0.29, 0.717) is 6.54 Å². The van der Waals surface area contributed by atoms with E-state index in [-0.39, 0.29) is 5.91 Å². The van der Waals surface area contributed by atoms with Gasteiger partial charge in [-0.1, -0.05) is 6.07 Å². The first-order valence-corrected chi connectivity index (χ1v) is 7.69. The molecule has 0 radical (unpaired) electrons. The number of amides is 1. The highest BCUT2D eigenvalue weighted by Gasteiger charge is 2.31. The number of carbonyl (C=O) groups is 1. The number of nitrogens with zero attached hydrogens (tertiary/aromatic N) is 1. The molecule has 1 aromatic carbocycles. The van der Waals surface area contributed by atoms with Crippen molar-refractivity contribution in [2.75, 3.05) is 13.1 Å². The first-order chi connectivity index (χ1) is 9.55. The number of aryl methyl sites for hydroxylation is 2. The van der Waals surface area contributed by atoms with E-state index in [4.69, 9.17) is 0 Å². The third-order valence-corrected chi connectivity index (χ3v) is 4.56. The lowest BCUT2D eigenvalue weighted by atomic mass is 9.89. The largest absolute Gasteiger partial charge is 0.388 e. The smallest absolute Gasteiger partial charge is 0.253 e. The lowest BCUT2D eigenvalue weighted by Gasteiger charge is -2.37. The number of benzene rings is 1. The predicted octanol–water partition coefficient (Wildman–Crippen LogP) is 2.55. The molecule has 20 heavy (non-hydrogen) atoms. The van der Waals surface area contributed by atoms with Gasteiger partial charge in [-0.05, 0) is 68.7 Å². The van der Waals surface area contributed by atoms with Crippen molar-refractivity contribution in [3.63, 3.8) is 0 Å². The summed E-state index contributed by atoms with van der Waals surface area (Å²) in [6, 6.07) is 6.14. The molecular weight excluding hydrogens is 250 g/mol. The molecule has 108 valence electrons. The zero-order chi connectivity index (χ0) is 14.2. The molecule has 1 atom stereocenters. The number of likely N-dealkylation sites (tertiary alicyclic amines) is 1. The SMILES string of the molecule is CC1(O)CCCN(C(=O)c2ccc3c(c2)CCCC3)C1. The van der Waals surface area contributed by atoms with E-state index in [0.717, 1.165) is 37.8 Å². The first kappa shape index (κ1) is 13.6. The zero-order valence-electron chi connectivity index (χ0n) is 12.2. The highest BCUT2D eigenvalue weighted by molar-refractivity contribution is 5.94. The second-order valence-electron chi connectivity index (χ2n) is 6.52. The predicted molar refractivity (Wildman–Crippen MR) is 78.8 cm³/mol. The standard InChI is InChI=1S/C17H23NO2/c1-17(20)9-4-10-18(12-17)16(19)15-8-7-13-5-2-3-6-14(13)11-15/h7-8,11,20H,2-6,9-10,12H2,1H3. The number of hydrogen-bond acceptors (Lipinski definition) is 2. The van der Waals surface area contributed by atoms with Gasteiger partial charge in [0.15, 0.2) is 0 Å². The molecular formula is C17H23NO2. The molecule has 1 fully saturated rings. The molecule has 2 aliphatic rings. The summed E-state index contributed by atoms with van der Waals surface area (Å²) in [4.78, 5) is 14.4. The van der Waals surface area contributed by atoms with Crippen LogP contribution in [0.2, 0.25) is 0 Å². The Kier molecular flexibility index (Phi) is 3.55. The molecule has 0 aromatic heterocycles. The van der Waals surface area contributed by atoms with Gasteiger partial charge >= 0.3 is 0 Å². The van der Waals surface area contributed by atoms with Crippen molar-refractivity contribution in [3.05, 3.63) is 34.9 Å². The van der Waals surface area contributed by atoms with E-state index in [9.17, 15) is 9.90 Å². The van der Waals surface area contributed by atoms with Crippen LogP contribution in [0.15, 0.2) is 18.2 Å². The lowest BCUT2D eigenvalue weighted by molar-refractivity contribution is -0.0107. The van der Waals surface area contributed by atoms with Crippen LogP contribution in [0.3, 0.4) is 0 Å². The van der Waals surface area contributed by atoms with Gasteiger partial charge in [-0.15, -0.1) is 0 Å². The van der Waals surface area contributed by atoms with Crippen LogP contribution in [0.1, 0.15) is 54.1 Å². The topological polar surface area (TPSA) is 40.5 Å². The summed E-state index contributed by atoms with van der Waals surface area (Å²) in [5.74, 6) is 0.0679. The average molecular weight is 273 g/mol. The van der Waals surface area contributed by atoms with Crippen LogP contribution in [0.25, 0.3) is 0 Å². The van der Waals surface area contributed by atoms with Gasteiger partial charge in [0, 0.05) is 18.7 Å². The van der Waals surface area contributed by atoms with Gasteiger partial charge in [0.05, 0.1) is 5.60 Å². The van der Waals surface area contributed by atoms with Gasteiger partial charge in [-0.3, -0.25) is 4.79 Å². The molecule has 1 aromatic rings. The van der Waals surface area contributed by atoms with Gasteiger partial charge in [0.25, 0.3) is 5.91 Å². The maximum Gasteiger partial charge on any atom is 0.253 e. The molecule has 3 heteroatoms. The Morgan fingerprint density at radius 3 is 2.70 bits per heavy atom. The molecule has 1 saturated heterocycles. The van der Waals surface area contributed by atoms with Gasteiger partial charge in [-0.25, -0.2) is 0 Å². The van der Waals surface area contributed by atoms with Crippen molar-refractivity contribution in [3.8, 4) is 0 Å². The van der Waals surface area contributed by atoms with Crippen LogP contribution in [0.5, 0.6) is 0 Å². The Hall–Kier alpha value is -1.35. The molecule has 3 rings (SSSR count). The molecule has 1 N–H and O–H groups in total. The lowest BCUT2D eigenvalue weighted by Crippen LogP contribution is -2.48. The number of rotatable bonds is 1. The summed E-state index contributed by atoms with van der Waals surface area (Å²) in [6.07, 6.45) is 6.37. The van der Waals surface area contributed by atoms with Gasteiger partial charge in [0.2, 0.25) is 0 Å². The Balaban J connectivity index is 1.80. The summed E-state index contributed by atoms with van der Waals surface area (Å²) in [5.41, 5.74) is 2.79. The van der Waals surface area contributed by atoms with Crippen molar-refractivity contribution >= 4 is 5.91 Å². The van der Waals surface area contributed by atoms with Gasteiger partial charge in [-0.2, -0.15) is 0 Å². The van der Waals surface area contributed by atoms with Crippen molar-refractivity contribution in [1.29, 1.82) is 0 Å². The molecule has 0 spiro atoms. The van der Waals surface area contributed by atoms with Crippen molar-refractivity contribution in [2.24, 2.45) is 0 Å². The molecule has 3 nitrogen and oxygen atoms in total. The molecule has 1 heterocycles. The van der Waals surface area contributed by atoms with E-state index in [1.165, 1.54) is 24.0 Å². The van der Waals surface area contributed by atoms with Crippen LogP contribution in [-0.2, 0) is 12.8 Å². The Bertz CT molecular complexity index is 522. The summed E-state index contributed by atoms with van der Waals surface area (Å²) < 4.78 is 0. The first-order valence-electron chi connectivity index (χ1n) is 7.69. The van der Waals surface area contributed by atoms with Crippen molar-refractivity contribution < 1.29 is 9.90 Å². The Morgan fingerprint density at radius 1 is 1.20 bits per heavy atom. The molecule has 0 bridgehead atoms. The third kappa shape index (κ3) is 2.73. The maximum atomic E-state index is 12.6. The average Bonchev–Trinajstić information content (AvgIpc) is 2.45. The molecule has 1 aliphatic heterocycles. The number of aliphatic hydroxyl groups is 1.